The van der Waals surface area contributed by atoms with Crippen LogP contribution in [0.2, 0.25) is 0 Å². The molecule has 0 bridgehead atoms. The summed E-state index contributed by atoms with van der Waals surface area (Å²) in [6, 6.07) is 12.8. The summed E-state index contributed by atoms with van der Waals surface area (Å²) >= 11 is 0. The van der Waals surface area contributed by atoms with Gasteiger partial charge in [0.05, 0.1) is 25.0 Å². The van der Waals surface area contributed by atoms with Crippen LogP contribution in [-0.4, -0.2) is 23.2 Å². The lowest BCUT2D eigenvalue weighted by Gasteiger charge is -2.06. The molecule has 0 aliphatic heterocycles. The zero-order valence-electron chi connectivity index (χ0n) is 13.4. The fourth-order valence-corrected chi connectivity index (χ4v) is 2.34. The lowest BCUT2D eigenvalue weighted by Crippen LogP contribution is -2.24. The summed E-state index contributed by atoms with van der Waals surface area (Å²) in [6.07, 6.45) is 1.69. The summed E-state index contributed by atoms with van der Waals surface area (Å²) in [6.45, 7) is 2.08. The number of hydrogen-bond acceptors (Lipinski definition) is 5. The van der Waals surface area contributed by atoms with Gasteiger partial charge in [0.2, 0.25) is 0 Å². The molecule has 2 aromatic heterocycles. The minimum atomic E-state index is -0.245. The van der Waals surface area contributed by atoms with E-state index in [9.17, 15) is 4.79 Å². The average molecular weight is 323 g/mol. The van der Waals surface area contributed by atoms with Crippen molar-refractivity contribution in [2.45, 2.75) is 13.5 Å². The molecule has 0 fully saturated rings. The zero-order chi connectivity index (χ0) is 16.9. The Balaban J connectivity index is 1.82. The minimum absolute atomic E-state index is 0.245. The normalized spacial score (nSPS) is 10.4. The Morgan fingerprint density at radius 3 is 2.67 bits per heavy atom. The smallest absolute Gasteiger partial charge is 0.257 e. The highest BCUT2D eigenvalue weighted by molar-refractivity contribution is 6.00. The maximum absolute atomic E-state index is 12.6. The first-order chi connectivity index (χ1) is 11.7. The van der Waals surface area contributed by atoms with Crippen LogP contribution < -0.4 is 10.1 Å². The maximum atomic E-state index is 12.6. The van der Waals surface area contributed by atoms with Crippen LogP contribution in [0, 0.1) is 6.92 Å². The highest BCUT2D eigenvalue weighted by Crippen LogP contribution is 2.27. The second kappa shape index (κ2) is 6.95. The third-order valence-corrected chi connectivity index (χ3v) is 3.60. The van der Waals surface area contributed by atoms with Crippen molar-refractivity contribution in [2.24, 2.45) is 0 Å². The van der Waals surface area contributed by atoms with E-state index >= 15 is 0 Å². The van der Waals surface area contributed by atoms with Gasteiger partial charge in [0.1, 0.15) is 11.3 Å². The van der Waals surface area contributed by atoms with Crippen LogP contribution in [0.15, 0.2) is 53.2 Å². The standard InChI is InChI=1S/C18H17N3O3/c1-12-16(18(22)20-11-14-5-3-4-10-19-14)17(24-21-12)13-6-8-15(23-2)9-7-13/h3-10H,11H2,1-2H3,(H,20,22). The third kappa shape index (κ3) is 3.27. The van der Waals surface area contributed by atoms with E-state index in [1.807, 2.05) is 42.5 Å². The summed E-state index contributed by atoms with van der Waals surface area (Å²) < 4.78 is 10.5. The number of carbonyl (C=O) groups is 1. The number of aryl methyl sites for hydroxylation is 1. The predicted octanol–water partition coefficient (Wildman–Crippen LogP) is 2.98. The molecular formula is C18H17N3O3. The highest BCUT2D eigenvalue weighted by Gasteiger charge is 2.21. The van der Waals surface area contributed by atoms with E-state index in [-0.39, 0.29) is 5.91 Å². The Kier molecular flexibility index (Phi) is 4.56. The van der Waals surface area contributed by atoms with E-state index in [1.54, 1.807) is 20.2 Å². The van der Waals surface area contributed by atoms with Gasteiger partial charge in [0.25, 0.3) is 5.91 Å². The largest absolute Gasteiger partial charge is 0.497 e. The first kappa shape index (κ1) is 15.7. The first-order valence-electron chi connectivity index (χ1n) is 7.48. The van der Waals surface area contributed by atoms with Gasteiger partial charge in [-0.1, -0.05) is 11.2 Å². The molecule has 122 valence electrons. The summed E-state index contributed by atoms with van der Waals surface area (Å²) in [5.74, 6) is 0.926. The van der Waals surface area contributed by atoms with Gasteiger partial charge in [-0.15, -0.1) is 0 Å². The average Bonchev–Trinajstić information content (AvgIpc) is 3.02. The number of aromatic nitrogens is 2. The Labute approximate surface area is 139 Å². The molecule has 6 nitrogen and oxygen atoms in total. The van der Waals surface area contributed by atoms with Crippen LogP contribution >= 0.6 is 0 Å². The Morgan fingerprint density at radius 2 is 2.00 bits per heavy atom. The van der Waals surface area contributed by atoms with Crippen molar-refractivity contribution in [3.63, 3.8) is 0 Å². The number of carbonyl (C=O) groups excluding carboxylic acids is 1. The van der Waals surface area contributed by atoms with E-state index in [4.69, 9.17) is 9.26 Å². The fraction of sp³-hybridized carbons (Fsp3) is 0.167. The van der Waals surface area contributed by atoms with Gasteiger partial charge in [-0.05, 0) is 43.3 Å². The van der Waals surface area contributed by atoms with E-state index in [0.29, 0.717) is 23.6 Å². The molecule has 3 aromatic rings. The van der Waals surface area contributed by atoms with Crippen molar-refractivity contribution in [2.75, 3.05) is 7.11 Å². The second-order valence-corrected chi connectivity index (χ2v) is 5.20. The number of hydrogen-bond donors (Lipinski definition) is 1. The molecule has 0 radical (unpaired) electrons. The van der Waals surface area contributed by atoms with Gasteiger partial charge in [0.15, 0.2) is 5.76 Å². The summed E-state index contributed by atoms with van der Waals surface area (Å²) in [5.41, 5.74) is 2.51. The molecule has 1 amide bonds. The number of rotatable bonds is 5. The molecule has 1 aromatic carbocycles. The molecule has 0 atom stereocenters. The van der Waals surface area contributed by atoms with E-state index in [2.05, 4.69) is 15.5 Å². The molecule has 6 heteroatoms. The van der Waals surface area contributed by atoms with Crippen LogP contribution in [0.5, 0.6) is 5.75 Å². The van der Waals surface area contributed by atoms with Gasteiger partial charge < -0.3 is 14.6 Å². The van der Waals surface area contributed by atoms with Crippen LogP contribution in [0.3, 0.4) is 0 Å². The van der Waals surface area contributed by atoms with Crippen molar-refractivity contribution < 1.29 is 14.1 Å². The quantitative estimate of drug-likeness (QED) is 0.781. The lowest BCUT2D eigenvalue weighted by atomic mass is 10.1. The fourth-order valence-electron chi connectivity index (χ4n) is 2.34. The number of amides is 1. The highest BCUT2D eigenvalue weighted by atomic mass is 16.5. The molecule has 24 heavy (non-hydrogen) atoms. The van der Waals surface area contributed by atoms with Gasteiger partial charge in [0, 0.05) is 11.8 Å². The Bertz CT molecular complexity index is 826. The predicted molar refractivity (Wildman–Crippen MR) is 88.6 cm³/mol. The van der Waals surface area contributed by atoms with Crippen LogP contribution in [0.4, 0.5) is 0 Å². The second-order valence-electron chi connectivity index (χ2n) is 5.20. The number of pyridine rings is 1. The molecular weight excluding hydrogens is 306 g/mol. The van der Waals surface area contributed by atoms with Crippen LogP contribution in [-0.2, 0) is 6.54 Å². The van der Waals surface area contributed by atoms with Gasteiger partial charge >= 0.3 is 0 Å². The molecule has 2 heterocycles. The van der Waals surface area contributed by atoms with Gasteiger partial charge in [-0.3, -0.25) is 9.78 Å². The number of methoxy groups -OCH3 is 1. The maximum Gasteiger partial charge on any atom is 0.257 e. The SMILES string of the molecule is COc1ccc(-c2onc(C)c2C(=O)NCc2ccccn2)cc1. The van der Waals surface area contributed by atoms with Gasteiger partial charge in [-0.2, -0.15) is 0 Å². The Hall–Kier alpha value is -3.15. The summed E-state index contributed by atoms with van der Waals surface area (Å²) in [4.78, 5) is 16.7. The molecule has 3 rings (SSSR count). The van der Waals surface area contributed by atoms with Gasteiger partial charge in [-0.25, -0.2) is 0 Å². The minimum Gasteiger partial charge on any atom is -0.497 e. The number of ether oxygens (including phenoxy) is 1. The monoisotopic (exact) mass is 323 g/mol. The molecule has 0 unspecified atom stereocenters. The van der Waals surface area contributed by atoms with Crippen molar-refractivity contribution in [1.29, 1.82) is 0 Å². The van der Waals surface area contributed by atoms with Crippen molar-refractivity contribution >= 4 is 5.91 Å². The number of benzene rings is 1. The molecule has 0 spiro atoms. The third-order valence-electron chi connectivity index (χ3n) is 3.60. The van der Waals surface area contributed by atoms with Crippen molar-refractivity contribution in [1.82, 2.24) is 15.5 Å². The molecule has 0 saturated heterocycles. The van der Waals surface area contributed by atoms with E-state index < -0.39 is 0 Å². The molecule has 1 N–H and O–H groups in total. The molecule has 0 saturated carbocycles. The summed E-state index contributed by atoms with van der Waals surface area (Å²) in [7, 11) is 1.60. The summed E-state index contributed by atoms with van der Waals surface area (Å²) in [5, 5.41) is 6.78. The van der Waals surface area contributed by atoms with Crippen LogP contribution in [0.1, 0.15) is 21.7 Å². The topological polar surface area (TPSA) is 77.2 Å². The van der Waals surface area contributed by atoms with E-state index in [1.165, 1.54) is 0 Å². The molecule has 0 aliphatic carbocycles. The van der Waals surface area contributed by atoms with Crippen molar-refractivity contribution in [3.05, 3.63) is 65.6 Å². The molecule has 0 aliphatic rings. The van der Waals surface area contributed by atoms with Crippen molar-refractivity contribution in [3.8, 4) is 17.1 Å². The number of nitrogens with zero attached hydrogens (tertiary/aromatic N) is 2. The van der Waals surface area contributed by atoms with E-state index in [0.717, 1.165) is 17.0 Å². The first-order valence-corrected chi connectivity index (χ1v) is 7.48. The Morgan fingerprint density at radius 1 is 1.21 bits per heavy atom. The lowest BCUT2D eigenvalue weighted by molar-refractivity contribution is 0.0950. The zero-order valence-corrected chi connectivity index (χ0v) is 13.4. The van der Waals surface area contributed by atoms with Crippen LogP contribution in [0.25, 0.3) is 11.3 Å². The number of nitrogens with one attached hydrogen (secondary N) is 1.